The zero-order valence-electron chi connectivity index (χ0n) is 16.6. The lowest BCUT2D eigenvalue weighted by Gasteiger charge is -2.12. The van der Waals surface area contributed by atoms with Crippen molar-refractivity contribution >= 4 is 46.6 Å². The van der Waals surface area contributed by atoms with Crippen molar-refractivity contribution in [3.05, 3.63) is 46.4 Å². The zero-order valence-corrected chi connectivity index (χ0v) is 18.9. The number of hydrogen-bond acceptors (Lipinski definition) is 6. The minimum absolute atomic E-state index is 0.161. The maximum absolute atomic E-state index is 12.5. The van der Waals surface area contributed by atoms with Gasteiger partial charge in [0.25, 0.3) is 0 Å². The molecule has 1 aromatic heterocycles. The molecule has 158 valence electrons. The normalized spacial score (nSPS) is 10.7. The van der Waals surface area contributed by atoms with Crippen molar-refractivity contribution in [1.82, 2.24) is 14.8 Å². The molecule has 0 spiro atoms. The first kappa shape index (κ1) is 22.3. The monoisotopic (exact) mass is 466 g/mol. The van der Waals surface area contributed by atoms with E-state index in [1.54, 1.807) is 37.4 Å². The fourth-order valence-electron chi connectivity index (χ4n) is 2.75. The molecule has 1 heterocycles. The van der Waals surface area contributed by atoms with E-state index in [2.05, 4.69) is 15.5 Å². The number of halogens is 2. The molecule has 0 aliphatic carbocycles. The molecule has 2 aromatic carbocycles. The third kappa shape index (κ3) is 5.00. The predicted octanol–water partition coefficient (Wildman–Crippen LogP) is 5.02. The van der Waals surface area contributed by atoms with Gasteiger partial charge < -0.3 is 19.4 Å². The lowest BCUT2D eigenvalue weighted by Crippen LogP contribution is -2.15. The number of anilines is 1. The fourth-order valence-corrected chi connectivity index (χ4v) is 3.85. The summed E-state index contributed by atoms with van der Waals surface area (Å²) in [6, 6.07) is 10.5. The third-order valence-electron chi connectivity index (χ3n) is 4.23. The standard InChI is InChI=1S/C20H20Cl2N4O3S/c1-4-26-19(12-5-7-14(21)15(22)9-12)24-25-20(26)30-11-18(27)23-16-8-6-13(28-2)10-17(16)29-3/h5-10H,4,11H2,1-3H3,(H,23,27). The molecule has 0 radical (unpaired) electrons. The van der Waals surface area contributed by atoms with Crippen LogP contribution in [0.5, 0.6) is 11.5 Å². The van der Waals surface area contributed by atoms with Crippen LogP contribution in [0.3, 0.4) is 0 Å². The number of amides is 1. The number of rotatable bonds is 8. The number of benzene rings is 2. The summed E-state index contributed by atoms with van der Waals surface area (Å²) >= 11 is 13.4. The van der Waals surface area contributed by atoms with Gasteiger partial charge in [-0.3, -0.25) is 4.79 Å². The summed E-state index contributed by atoms with van der Waals surface area (Å²) in [5, 5.41) is 12.9. The Morgan fingerprint density at radius 3 is 2.57 bits per heavy atom. The number of aromatic nitrogens is 3. The van der Waals surface area contributed by atoms with E-state index in [0.717, 1.165) is 5.56 Å². The van der Waals surface area contributed by atoms with Crippen molar-refractivity contribution in [2.75, 3.05) is 25.3 Å². The van der Waals surface area contributed by atoms with Gasteiger partial charge >= 0.3 is 0 Å². The molecule has 3 aromatic rings. The van der Waals surface area contributed by atoms with Crippen LogP contribution in [0.4, 0.5) is 5.69 Å². The van der Waals surface area contributed by atoms with E-state index in [0.29, 0.717) is 44.8 Å². The van der Waals surface area contributed by atoms with Gasteiger partial charge in [0.1, 0.15) is 11.5 Å². The Morgan fingerprint density at radius 1 is 1.10 bits per heavy atom. The average molecular weight is 467 g/mol. The van der Waals surface area contributed by atoms with Gasteiger partial charge in [-0.15, -0.1) is 10.2 Å². The molecule has 0 unspecified atom stereocenters. The molecule has 0 aliphatic heterocycles. The maximum atomic E-state index is 12.5. The van der Waals surface area contributed by atoms with Crippen molar-refractivity contribution in [2.45, 2.75) is 18.6 Å². The van der Waals surface area contributed by atoms with Crippen LogP contribution in [0.25, 0.3) is 11.4 Å². The van der Waals surface area contributed by atoms with Gasteiger partial charge in [-0.25, -0.2) is 0 Å². The van der Waals surface area contributed by atoms with Crippen LogP contribution < -0.4 is 14.8 Å². The summed E-state index contributed by atoms with van der Waals surface area (Å²) in [7, 11) is 3.10. The van der Waals surface area contributed by atoms with E-state index in [4.69, 9.17) is 32.7 Å². The Morgan fingerprint density at radius 2 is 1.90 bits per heavy atom. The van der Waals surface area contributed by atoms with Crippen LogP contribution in [0, 0.1) is 0 Å². The molecule has 30 heavy (non-hydrogen) atoms. The highest BCUT2D eigenvalue weighted by Crippen LogP contribution is 2.31. The molecule has 3 rings (SSSR count). The second-order valence-electron chi connectivity index (χ2n) is 6.08. The average Bonchev–Trinajstić information content (AvgIpc) is 3.17. The second-order valence-corrected chi connectivity index (χ2v) is 7.84. The van der Waals surface area contributed by atoms with Crippen LogP contribution in [0.15, 0.2) is 41.6 Å². The Kier molecular flexibility index (Phi) is 7.47. The molecule has 0 saturated carbocycles. The first-order chi connectivity index (χ1) is 14.5. The van der Waals surface area contributed by atoms with Gasteiger partial charge in [0.15, 0.2) is 11.0 Å². The second kappa shape index (κ2) is 10.1. The fraction of sp³-hybridized carbons (Fsp3) is 0.250. The summed E-state index contributed by atoms with van der Waals surface area (Å²) in [5.74, 6) is 1.80. The largest absolute Gasteiger partial charge is 0.497 e. The van der Waals surface area contributed by atoms with E-state index in [-0.39, 0.29) is 11.7 Å². The molecule has 1 amide bonds. The highest BCUT2D eigenvalue weighted by Gasteiger charge is 2.16. The van der Waals surface area contributed by atoms with Crippen LogP contribution in [0.1, 0.15) is 6.92 Å². The molecule has 10 heteroatoms. The molecule has 1 N–H and O–H groups in total. The Labute approximate surface area is 188 Å². The smallest absolute Gasteiger partial charge is 0.234 e. The topological polar surface area (TPSA) is 78.3 Å². The van der Waals surface area contributed by atoms with E-state index in [1.165, 1.54) is 18.9 Å². The highest BCUT2D eigenvalue weighted by molar-refractivity contribution is 7.99. The van der Waals surface area contributed by atoms with Crippen molar-refractivity contribution < 1.29 is 14.3 Å². The highest BCUT2D eigenvalue weighted by atomic mass is 35.5. The van der Waals surface area contributed by atoms with Gasteiger partial charge in [0.05, 0.1) is 35.7 Å². The van der Waals surface area contributed by atoms with Crippen LogP contribution >= 0.6 is 35.0 Å². The number of carbonyl (C=O) groups is 1. The SMILES string of the molecule is CCn1c(SCC(=O)Nc2ccc(OC)cc2OC)nnc1-c1ccc(Cl)c(Cl)c1. The van der Waals surface area contributed by atoms with Gasteiger partial charge in [0.2, 0.25) is 5.91 Å². The molecule has 0 aliphatic rings. The van der Waals surface area contributed by atoms with Crippen LogP contribution in [-0.2, 0) is 11.3 Å². The number of nitrogens with one attached hydrogen (secondary N) is 1. The molecule has 0 atom stereocenters. The summed E-state index contributed by atoms with van der Waals surface area (Å²) in [6.07, 6.45) is 0. The number of hydrogen-bond donors (Lipinski definition) is 1. The Balaban J connectivity index is 1.71. The Hall–Kier alpha value is -2.42. The van der Waals surface area contributed by atoms with Crippen molar-refractivity contribution in [3.63, 3.8) is 0 Å². The summed E-state index contributed by atoms with van der Waals surface area (Å²) < 4.78 is 12.4. The first-order valence-electron chi connectivity index (χ1n) is 9.00. The van der Waals surface area contributed by atoms with Crippen molar-refractivity contribution in [2.24, 2.45) is 0 Å². The quantitative estimate of drug-likeness (QED) is 0.469. The maximum Gasteiger partial charge on any atom is 0.234 e. The minimum Gasteiger partial charge on any atom is -0.497 e. The van der Waals surface area contributed by atoms with E-state index < -0.39 is 0 Å². The Bertz CT molecular complexity index is 1060. The van der Waals surface area contributed by atoms with E-state index in [1.807, 2.05) is 17.6 Å². The predicted molar refractivity (Wildman–Crippen MR) is 120 cm³/mol. The molecule has 0 bridgehead atoms. The molecule has 0 saturated heterocycles. The zero-order chi connectivity index (χ0) is 21.7. The van der Waals surface area contributed by atoms with Gasteiger partial charge in [-0.2, -0.15) is 0 Å². The van der Waals surface area contributed by atoms with Crippen molar-refractivity contribution in [1.29, 1.82) is 0 Å². The van der Waals surface area contributed by atoms with Crippen LogP contribution in [-0.4, -0.2) is 40.6 Å². The minimum atomic E-state index is -0.190. The van der Waals surface area contributed by atoms with Gasteiger partial charge in [-0.1, -0.05) is 35.0 Å². The van der Waals surface area contributed by atoms with E-state index >= 15 is 0 Å². The first-order valence-corrected chi connectivity index (χ1v) is 10.7. The number of thioether (sulfide) groups is 1. The number of ether oxygens (including phenoxy) is 2. The summed E-state index contributed by atoms with van der Waals surface area (Å²) in [4.78, 5) is 12.5. The molecule has 0 fully saturated rings. The number of methoxy groups -OCH3 is 2. The molecule has 7 nitrogen and oxygen atoms in total. The van der Waals surface area contributed by atoms with Gasteiger partial charge in [0, 0.05) is 18.2 Å². The number of nitrogens with zero attached hydrogens (tertiary/aromatic N) is 3. The summed E-state index contributed by atoms with van der Waals surface area (Å²) in [6.45, 7) is 2.62. The lowest BCUT2D eigenvalue weighted by atomic mass is 10.2. The third-order valence-corrected chi connectivity index (χ3v) is 5.93. The van der Waals surface area contributed by atoms with Crippen molar-refractivity contribution in [3.8, 4) is 22.9 Å². The summed E-state index contributed by atoms with van der Waals surface area (Å²) in [5.41, 5.74) is 1.37. The lowest BCUT2D eigenvalue weighted by molar-refractivity contribution is -0.113. The molecular weight excluding hydrogens is 447 g/mol. The van der Waals surface area contributed by atoms with Crippen LogP contribution in [0.2, 0.25) is 10.0 Å². The van der Waals surface area contributed by atoms with E-state index in [9.17, 15) is 4.79 Å². The van der Waals surface area contributed by atoms with Gasteiger partial charge in [-0.05, 0) is 37.3 Å². The number of carbonyl (C=O) groups excluding carboxylic acids is 1. The molecular formula is C20H20Cl2N4O3S.